The second kappa shape index (κ2) is 10.1. The number of phenols is 1. The van der Waals surface area contributed by atoms with Crippen LogP contribution < -0.4 is 15.0 Å². The lowest BCUT2D eigenvalue weighted by molar-refractivity contribution is 0.0634. The zero-order chi connectivity index (χ0) is 33.2. The van der Waals surface area contributed by atoms with E-state index >= 15 is 4.39 Å². The van der Waals surface area contributed by atoms with Crippen LogP contribution in [-0.4, -0.2) is 87.5 Å². The maximum Gasteiger partial charge on any atom is 0.319 e. The number of piperazine rings is 1. The normalized spacial score (nSPS) is 30.3. The van der Waals surface area contributed by atoms with Crippen molar-refractivity contribution in [3.63, 3.8) is 0 Å². The van der Waals surface area contributed by atoms with Crippen molar-refractivity contribution < 1.29 is 31.8 Å². The molecule has 0 amide bonds. The number of rotatable bonds is 5. The van der Waals surface area contributed by atoms with E-state index in [0.29, 0.717) is 29.7 Å². The molecular formula is C35H31F5N6O2. The summed E-state index contributed by atoms with van der Waals surface area (Å²) in [6.07, 6.45) is 7.81. The summed E-state index contributed by atoms with van der Waals surface area (Å²) in [5.41, 5.74) is -2.49. The van der Waals surface area contributed by atoms with Gasteiger partial charge in [0.05, 0.1) is 21.9 Å². The van der Waals surface area contributed by atoms with Gasteiger partial charge in [-0.25, -0.2) is 22.0 Å². The first-order valence-electron chi connectivity index (χ1n) is 16.2. The molecule has 6 heterocycles. The highest BCUT2D eigenvalue weighted by Gasteiger charge is 2.77. The minimum Gasteiger partial charge on any atom is -0.508 e. The molecule has 5 fully saturated rings. The molecule has 13 heteroatoms. The number of nitrogens with zero attached hydrogens (tertiary/aromatic N) is 5. The van der Waals surface area contributed by atoms with Gasteiger partial charge in [0, 0.05) is 68.3 Å². The first kappa shape index (κ1) is 29.8. The molecule has 1 aliphatic carbocycles. The van der Waals surface area contributed by atoms with Crippen LogP contribution in [0.4, 0.5) is 27.8 Å². The lowest BCUT2D eigenvalue weighted by atomic mass is 9.88. The van der Waals surface area contributed by atoms with E-state index in [0.717, 1.165) is 12.8 Å². The van der Waals surface area contributed by atoms with E-state index in [1.165, 1.54) is 30.5 Å². The smallest absolute Gasteiger partial charge is 0.319 e. The standard InChI is InChI=1S/C35H31F5N6O2/c1-2-23-26(37)6-3-18-7-22(47)8-24(27(18)23)29-28(38)30-25(10-41-29)31(45-12-20-4-5-21(13-45)42-20)44-32(43-30)48-17-34-9-19(36)11-46(34)16-33(14-34)15-35(33,39)40/h1,3,6-8,10,19-21,42,47H,4-5,9,11-17H2. The van der Waals surface area contributed by atoms with Crippen molar-refractivity contribution in [2.45, 2.75) is 61.8 Å². The number of fused-ring (bicyclic) bond motifs is 5. The average Bonchev–Trinajstić information content (AvgIpc) is 3.30. The SMILES string of the molecule is C#Cc1c(F)ccc2cc(O)cc(-c3ncc4c(N5CC6CCC(C5)N6)nc(OCC56CC(F)CN5CC5(C6)CC5(F)F)nc4c3F)c12. The average molecular weight is 663 g/mol. The molecule has 1 spiro atoms. The summed E-state index contributed by atoms with van der Waals surface area (Å²) in [6.45, 7) is 1.22. The highest BCUT2D eigenvalue weighted by Crippen LogP contribution is 2.69. The predicted octanol–water partition coefficient (Wildman–Crippen LogP) is 5.34. The maximum absolute atomic E-state index is 16.8. The highest BCUT2D eigenvalue weighted by atomic mass is 19.3. The van der Waals surface area contributed by atoms with Gasteiger partial charge < -0.3 is 20.1 Å². The number of terminal acetylenes is 1. The van der Waals surface area contributed by atoms with Crippen LogP contribution >= 0.6 is 0 Å². The monoisotopic (exact) mass is 662 g/mol. The number of aromatic hydroxyl groups is 1. The van der Waals surface area contributed by atoms with Gasteiger partial charge >= 0.3 is 6.01 Å². The van der Waals surface area contributed by atoms with Crippen molar-refractivity contribution in [1.29, 1.82) is 0 Å². The number of aromatic nitrogens is 3. The van der Waals surface area contributed by atoms with Crippen molar-refractivity contribution in [3.8, 4) is 35.4 Å². The van der Waals surface area contributed by atoms with E-state index in [1.54, 1.807) is 4.90 Å². The lowest BCUT2D eigenvalue weighted by Crippen LogP contribution is -2.51. The number of halogens is 5. The topological polar surface area (TPSA) is 86.6 Å². The molecular weight excluding hydrogens is 631 g/mol. The van der Waals surface area contributed by atoms with Crippen molar-refractivity contribution in [2.75, 3.05) is 37.7 Å². The number of phenolic OH excluding ortho intramolecular Hbond substituents is 1. The number of alkyl halides is 3. The Kier molecular flexibility index (Phi) is 6.29. The summed E-state index contributed by atoms with van der Waals surface area (Å²) in [4.78, 5) is 17.5. The fraction of sp³-hybridized carbons (Fsp3) is 0.457. The van der Waals surface area contributed by atoms with Crippen LogP contribution in [0.2, 0.25) is 0 Å². The van der Waals surface area contributed by atoms with E-state index in [1.807, 2.05) is 4.90 Å². The Balaban J connectivity index is 1.16. The Labute approximate surface area is 272 Å². The minimum absolute atomic E-state index is 0.0491. The van der Waals surface area contributed by atoms with Gasteiger partial charge in [0.1, 0.15) is 41.4 Å². The lowest BCUT2D eigenvalue weighted by Gasteiger charge is -2.34. The van der Waals surface area contributed by atoms with E-state index in [-0.39, 0.29) is 90.5 Å². The number of anilines is 1. The molecule has 4 saturated heterocycles. The van der Waals surface area contributed by atoms with Gasteiger partial charge in [0.15, 0.2) is 5.82 Å². The summed E-state index contributed by atoms with van der Waals surface area (Å²) in [7, 11) is 0. The molecule has 0 radical (unpaired) electrons. The number of hydrogen-bond acceptors (Lipinski definition) is 8. The third kappa shape index (κ3) is 4.38. The van der Waals surface area contributed by atoms with Crippen LogP contribution in [0.15, 0.2) is 30.5 Å². The van der Waals surface area contributed by atoms with Crippen LogP contribution in [0, 0.1) is 29.4 Å². The van der Waals surface area contributed by atoms with Gasteiger partial charge in [-0.3, -0.25) is 9.88 Å². The maximum atomic E-state index is 16.8. The zero-order valence-electron chi connectivity index (χ0n) is 25.7. The highest BCUT2D eigenvalue weighted by molar-refractivity contribution is 6.03. The fourth-order valence-corrected chi connectivity index (χ4v) is 8.89. The third-order valence-electron chi connectivity index (χ3n) is 11.1. The van der Waals surface area contributed by atoms with Crippen LogP contribution in [0.25, 0.3) is 32.9 Å². The largest absolute Gasteiger partial charge is 0.508 e. The van der Waals surface area contributed by atoms with E-state index in [4.69, 9.17) is 16.1 Å². The predicted molar refractivity (Wildman–Crippen MR) is 168 cm³/mol. The Bertz CT molecular complexity index is 2060. The van der Waals surface area contributed by atoms with E-state index in [2.05, 4.69) is 21.2 Å². The van der Waals surface area contributed by atoms with Crippen molar-refractivity contribution >= 4 is 27.5 Å². The van der Waals surface area contributed by atoms with Gasteiger partial charge in [-0.15, -0.1) is 6.42 Å². The number of ether oxygens (including phenoxy) is 1. The number of benzene rings is 2. The molecule has 2 N–H and O–H groups in total. The molecule has 9 rings (SSSR count). The van der Waals surface area contributed by atoms with E-state index < -0.39 is 34.7 Å². The van der Waals surface area contributed by atoms with Crippen molar-refractivity contribution in [1.82, 2.24) is 25.2 Å². The molecule has 8 nitrogen and oxygen atoms in total. The molecule has 2 aromatic carbocycles. The Hall–Kier alpha value is -4.28. The van der Waals surface area contributed by atoms with Crippen LogP contribution in [0.3, 0.4) is 0 Å². The number of hydrogen-bond donors (Lipinski definition) is 2. The molecule has 5 unspecified atom stereocenters. The molecule has 4 aliphatic heterocycles. The first-order valence-corrected chi connectivity index (χ1v) is 16.2. The third-order valence-corrected chi connectivity index (χ3v) is 11.1. The summed E-state index contributed by atoms with van der Waals surface area (Å²) in [6, 6.07) is 5.56. The van der Waals surface area contributed by atoms with Gasteiger partial charge in [-0.2, -0.15) is 9.97 Å². The van der Waals surface area contributed by atoms with Crippen molar-refractivity contribution in [3.05, 3.63) is 47.7 Å². The molecule has 4 aromatic rings. The summed E-state index contributed by atoms with van der Waals surface area (Å²) >= 11 is 0. The molecule has 5 atom stereocenters. The summed E-state index contributed by atoms with van der Waals surface area (Å²) in [5, 5.41) is 15.0. The van der Waals surface area contributed by atoms with Gasteiger partial charge in [-0.05, 0) is 42.8 Å². The molecule has 248 valence electrons. The van der Waals surface area contributed by atoms with Crippen LogP contribution in [-0.2, 0) is 0 Å². The van der Waals surface area contributed by atoms with Gasteiger partial charge in [0.2, 0.25) is 0 Å². The Morgan fingerprint density at radius 1 is 1.08 bits per heavy atom. The Morgan fingerprint density at radius 2 is 1.85 bits per heavy atom. The molecule has 2 bridgehead atoms. The quantitative estimate of drug-likeness (QED) is 0.219. The number of pyridine rings is 1. The molecule has 2 aromatic heterocycles. The van der Waals surface area contributed by atoms with Crippen molar-refractivity contribution in [2.24, 2.45) is 5.41 Å². The second-order valence-electron chi connectivity index (χ2n) is 14.2. The fourth-order valence-electron chi connectivity index (χ4n) is 8.89. The van der Waals surface area contributed by atoms with Gasteiger partial charge in [0.25, 0.3) is 5.92 Å². The second-order valence-corrected chi connectivity index (χ2v) is 14.2. The van der Waals surface area contributed by atoms with Crippen LogP contribution in [0.1, 0.15) is 37.7 Å². The van der Waals surface area contributed by atoms with Crippen LogP contribution in [0.5, 0.6) is 11.8 Å². The summed E-state index contributed by atoms with van der Waals surface area (Å²) in [5.74, 6) is -1.79. The molecule has 1 saturated carbocycles. The molecule has 5 aliphatic rings. The minimum atomic E-state index is -2.80. The first-order chi connectivity index (χ1) is 23.0. The van der Waals surface area contributed by atoms with Gasteiger partial charge in [-0.1, -0.05) is 12.0 Å². The Morgan fingerprint density at radius 3 is 2.58 bits per heavy atom. The number of nitrogens with one attached hydrogen (secondary N) is 1. The molecule has 48 heavy (non-hydrogen) atoms. The summed E-state index contributed by atoms with van der Waals surface area (Å²) < 4.78 is 81.5. The van der Waals surface area contributed by atoms with E-state index in [9.17, 15) is 22.7 Å². The zero-order valence-corrected chi connectivity index (χ0v) is 25.7.